The smallest absolute Gasteiger partial charge is 0.243 e. The molecule has 0 saturated heterocycles. The van der Waals surface area contributed by atoms with Crippen molar-refractivity contribution in [3.05, 3.63) is 28.8 Å². The van der Waals surface area contributed by atoms with Crippen molar-refractivity contribution in [1.82, 2.24) is 24.3 Å². The molecule has 0 spiro atoms. The van der Waals surface area contributed by atoms with Crippen LogP contribution >= 0.6 is 11.6 Å². The number of rotatable bonds is 6. The summed E-state index contributed by atoms with van der Waals surface area (Å²) in [5.41, 5.74) is 1.38. The van der Waals surface area contributed by atoms with Crippen molar-refractivity contribution in [1.29, 1.82) is 0 Å². The van der Waals surface area contributed by atoms with Crippen molar-refractivity contribution < 1.29 is 8.42 Å². The van der Waals surface area contributed by atoms with E-state index in [4.69, 9.17) is 11.6 Å². The SMILES string of the molecule is Cc1nn(CCCNS(=O)(=O)c2cnn(C)c2C)cc1Cl. The Morgan fingerprint density at radius 1 is 1.38 bits per heavy atom. The Labute approximate surface area is 129 Å². The van der Waals surface area contributed by atoms with Gasteiger partial charge in [-0.15, -0.1) is 0 Å². The summed E-state index contributed by atoms with van der Waals surface area (Å²) in [6.45, 7) is 4.47. The van der Waals surface area contributed by atoms with Gasteiger partial charge in [0.25, 0.3) is 0 Å². The number of hydrogen-bond donors (Lipinski definition) is 1. The van der Waals surface area contributed by atoms with E-state index in [1.54, 1.807) is 24.9 Å². The molecular weight excluding hydrogens is 314 g/mol. The van der Waals surface area contributed by atoms with Gasteiger partial charge in [0.05, 0.1) is 22.6 Å². The number of aryl methyl sites for hydroxylation is 3. The van der Waals surface area contributed by atoms with Gasteiger partial charge >= 0.3 is 0 Å². The number of aromatic nitrogens is 4. The fourth-order valence-electron chi connectivity index (χ4n) is 1.88. The molecule has 0 unspecified atom stereocenters. The molecule has 21 heavy (non-hydrogen) atoms. The minimum Gasteiger partial charge on any atom is -0.272 e. The fourth-order valence-corrected chi connectivity index (χ4v) is 3.30. The van der Waals surface area contributed by atoms with Crippen LogP contribution in [0.25, 0.3) is 0 Å². The van der Waals surface area contributed by atoms with Gasteiger partial charge in [0.2, 0.25) is 10.0 Å². The number of hydrogen-bond acceptors (Lipinski definition) is 4. The monoisotopic (exact) mass is 331 g/mol. The molecule has 0 aliphatic carbocycles. The van der Waals surface area contributed by atoms with Gasteiger partial charge in [-0.05, 0) is 20.3 Å². The first-order chi connectivity index (χ1) is 9.81. The van der Waals surface area contributed by atoms with Gasteiger partial charge in [0.15, 0.2) is 0 Å². The highest BCUT2D eigenvalue weighted by Crippen LogP contribution is 2.13. The van der Waals surface area contributed by atoms with Crippen LogP contribution in [0.1, 0.15) is 17.8 Å². The van der Waals surface area contributed by atoms with Gasteiger partial charge < -0.3 is 0 Å². The molecule has 2 rings (SSSR count). The summed E-state index contributed by atoms with van der Waals surface area (Å²) in [6, 6.07) is 0. The highest BCUT2D eigenvalue weighted by Gasteiger charge is 2.19. The third-order valence-electron chi connectivity index (χ3n) is 3.22. The van der Waals surface area contributed by atoms with E-state index >= 15 is 0 Å². The van der Waals surface area contributed by atoms with E-state index in [-0.39, 0.29) is 4.90 Å². The van der Waals surface area contributed by atoms with Crippen molar-refractivity contribution >= 4 is 21.6 Å². The van der Waals surface area contributed by atoms with Gasteiger partial charge in [-0.2, -0.15) is 10.2 Å². The van der Waals surface area contributed by atoms with Crippen molar-refractivity contribution in [2.24, 2.45) is 7.05 Å². The minimum absolute atomic E-state index is 0.211. The lowest BCUT2D eigenvalue weighted by atomic mass is 10.4. The number of halogens is 1. The quantitative estimate of drug-likeness (QED) is 0.808. The second-order valence-corrected chi connectivity index (χ2v) is 6.94. The summed E-state index contributed by atoms with van der Waals surface area (Å²) in [5, 5.41) is 8.77. The summed E-state index contributed by atoms with van der Waals surface area (Å²) in [5.74, 6) is 0. The summed E-state index contributed by atoms with van der Waals surface area (Å²) < 4.78 is 30.1. The maximum Gasteiger partial charge on any atom is 0.243 e. The Bertz CT molecular complexity index is 715. The van der Waals surface area contributed by atoms with Crippen LogP contribution in [-0.2, 0) is 23.6 Å². The predicted octanol–water partition coefficient (Wildman–Crippen LogP) is 1.26. The topological polar surface area (TPSA) is 81.8 Å². The van der Waals surface area contributed by atoms with Gasteiger partial charge in [-0.1, -0.05) is 11.6 Å². The molecule has 0 atom stereocenters. The molecule has 0 fully saturated rings. The van der Waals surface area contributed by atoms with Crippen molar-refractivity contribution in [2.45, 2.75) is 31.7 Å². The molecule has 9 heteroatoms. The van der Waals surface area contributed by atoms with Crippen LogP contribution in [-0.4, -0.2) is 34.5 Å². The van der Waals surface area contributed by atoms with Gasteiger partial charge in [0, 0.05) is 26.3 Å². The van der Waals surface area contributed by atoms with Crippen LogP contribution in [0.5, 0.6) is 0 Å². The third-order valence-corrected chi connectivity index (χ3v) is 5.16. The zero-order chi connectivity index (χ0) is 15.6. The third kappa shape index (κ3) is 3.63. The van der Waals surface area contributed by atoms with E-state index in [9.17, 15) is 8.42 Å². The maximum absolute atomic E-state index is 12.1. The normalized spacial score (nSPS) is 12.0. The predicted molar refractivity (Wildman–Crippen MR) is 79.7 cm³/mol. The molecule has 0 bridgehead atoms. The maximum atomic E-state index is 12.1. The zero-order valence-corrected chi connectivity index (χ0v) is 13.7. The standard InChI is InChI=1S/C12H18ClN5O2S/c1-9-11(13)8-18(16-9)6-4-5-15-21(19,20)12-7-14-17(3)10(12)2/h7-8,15H,4-6H2,1-3H3. The second kappa shape index (κ2) is 6.17. The van der Waals surface area contributed by atoms with Crippen LogP contribution in [0, 0.1) is 13.8 Å². The first-order valence-electron chi connectivity index (χ1n) is 6.49. The van der Waals surface area contributed by atoms with Crippen LogP contribution in [0.15, 0.2) is 17.3 Å². The number of sulfonamides is 1. The molecule has 116 valence electrons. The molecule has 2 aromatic heterocycles. The molecule has 2 heterocycles. The molecule has 0 saturated carbocycles. The Morgan fingerprint density at radius 3 is 2.62 bits per heavy atom. The summed E-state index contributed by atoms with van der Waals surface area (Å²) >= 11 is 5.91. The molecule has 0 aromatic carbocycles. The van der Waals surface area contributed by atoms with Crippen LogP contribution in [0.4, 0.5) is 0 Å². The molecule has 2 aromatic rings. The Hall–Kier alpha value is -1.38. The van der Waals surface area contributed by atoms with E-state index in [0.29, 0.717) is 30.2 Å². The highest BCUT2D eigenvalue weighted by molar-refractivity contribution is 7.89. The molecule has 1 N–H and O–H groups in total. The molecule has 0 amide bonds. The second-order valence-electron chi connectivity index (χ2n) is 4.79. The van der Waals surface area contributed by atoms with E-state index < -0.39 is 10.0 Å². The van der Waals surface area contributed by atoms with Gasteiger partial charge in [-0.3, -0.25) is 9.36 Å². The molecule has 0 aliphatic heterocycles. The zero-order valence-electron chi connectivity index (χ0n) is 12.2. The Balaban J connectivity index is 1.89. The van der Waals surface area contributed by atoms with E-state index in [0.717, 1.165) is 5.69 Å². The number of nitrogens with zero attached hydrogens (tertiary/aromatic N) is 4. The highest BCUT2D eigenvalue weighted by atomic mass is 35.5. The van der Waals surface area contributed by atoms with Gasteiger partial charge in [0.1, 0.15) is 4.90 Å². The molecule has 0 radical (unpaired) electrons. The lowest BCUT2D eigenvalue weighted by Crippen LogP contribution is -2.26. The lowest BCUT2D eigenvalue weighted by molar-refractivity contribution is 0.550. The largest absolute Gasteiger partial charge is 0.272 e. The molecule has 0 aliphatic rings. The summed E-state index contributed by atoms with van der Waals surface area (Å²) in [7, 11) is -1.81. The van der Waals surface area contributed by atoms with Crippen molar-refractivity contribution in [3.63, 3.8) is 0 Å². The first-order valence-corrected chi connectivity index (χ1v) is 8.35. The summed E-state index contributed by atoms with van der Waals surface area (Å²) in [6.07, 6.45) is 3.71. The Morgan fingerprint density at radius 2 is 2.10 bits per heavy atom. The van der Waals surface area contributed by atoms with Crippen LogP contribution in [0.3, 0.4) is 0 Å². The Kier molecular flexibility index (Phi) is 4.70. The molecular formula is C12H18ClN5O2S. The number of nitrogens with one attached hydrogen (secondary N) is 1. The van der Waals surface area contributed by atoms with Crippen molar-refractivity contribution in [3.8, 4) is 0 Å². The molecule has 7 nitrogen and oxygen atoms in total. The minimum atomic E-state index is -3.52. The van der Waals surface area contributed by atoms with E-state index in [1.807, 2.05) is 6.92 Å². The average Bonchev–Trinajstić information content (AvgIpc) is 2.90. The first kappa shape index (κ1) is 16.0. The summed E-state index contributed by atoms with van der Waals surface area (Å²) in [4.78, 5) is 0.211. The fraction of sp³-hybridized carbons (Fsp3) is 0.500. The van der Waals surface area contributed by atoms with Gasteiger partial charge in [-0.25, -0.2) is 13.1 Å². The van der Waals surface area contributed by atoms with Crippen LogP contribution in [0.2, 0.25) is 5.02 Å². The average molecular weight is 332 g/mol. The lowest BCUT2D eigenvalue weighted by Gasteiger charge is -2.06. The van der Waals surface area contributed by atoms with E-state index in [1.165, 1.54) is 10.9 Å². The van der Waals surface area contributed by atoms with Crippen molar-refractivity contribution in [2.75, 3.05) is 6.54 Å². The van der Waals surface area contributed by atoms with Crippen LogP contribution < -0.4 is 4.72 Å². The van der Waals surface area contributed by atoms with E-state index in [2.05, 4.69) is 14.9 Å².